The van der Waals surface area contributed by atoms with E-state index in [2.05, 4.69) is 26.0 Å². The highest BCUT2D eigenvalue weighted by Gasteiger charge is 2.39. The summed E-state index contributed by atoms with van der Waals surface area (Å²) in [5, 5.41) is 3.01. The number of Topliss-reactive ketones (excluding diaryl/α,β-unsaturated/α-hetero) is 1. The largest absolute Gasteiger partial charge is 0.453 e. The van der Waals surface area contributed by atoms with E-state index in [9.17, 15) is 9.59 Å². The van der Waals surface area contributed by atoms with Crippen molar-refractivity contribution in [1.82, 2.24) is 5.32 Å². The van der Waals surface area contributed by atoms with Gasteiger partial charge in [0, 0.05) is 0 Å². The van der Waals surface area contributed by atoms with Gasteiger partial charge in [-0.25, -0.2) is 4.79 Å². The molecule has 92 valence electrons. The lowest BCUT2D eigenvalue weighted by Crippen LogP contribution is -2.54. The average molecular weight is 292 g/mol. The Morgan fingerprint density at radius 3 is 2.25 bits per heavy atom. The lowest BCUT2D eigenvalue weighted by Gasteiger charge is -2.31. The van der Waals surface area contributed by atoms with Crippen molar-refractivity contribution in [3.63, 3.8) is 0 Å². The van der Waals surface area contributed by atoms with Crippen LogP contribution in [0.4, 0.5) is 4.79 Å². The van der Waals surface area contributed by atoms with Gasteiger partial charge in [0.15, 0.2) is 5.78 Å². The summed E-state index contributed by atoms with van der Waals surface area (Å²) in [7, 11) is 1.32. The fraction of sp³-hybridized carbons (Fsp3) is 0.818. The minimum absolute atomic E-state index is 0.0415. The van der Waals surface area contributed by atoms with Crippen molar-refractivity contribution in [1.29, 1.82) is 0 Å². The highest BCUT2D eigenvalue weighted by molar-refractivity contribution is 9.09. The molecule has 1 aliphatic carbocycles. The Labute approximate surface area is 104 Å². The highest BCUT2D eigenvalue weighted by atomic mass is 79.9. The summed E-state index contributed by atoms with van der Waals surface area (Å²) < 4.78 is 4.60. The van der Waals surface area contributed by atoms with Crippen molar-refractivity contribution in [3.05, 3.63) is 0 Å². The van der Waals surface area contributed by atoms with Crippen molar-refractivity contribution in [3.8, 4) is 0 Å². The highest BCUT2D eigenvalue weighted by Crippen LogP contribution is 2.28. The monoisotopic (exact) mass is 291 g/mol. The number of hydrogen-bond donors (Lipinski definition) is 1. The van der Waals surface area contributed by atoms with E-state index < -0.39 is 11.6 Å². The molecule has 16 heavy (non-hydrogen) atoms. The smallest absolute Gasteiger partial charge is 0.407 e. The van der Waals surface area contributed by atoms with Crippen molar-refractivity contribution in [2.24, 2.45) is 0 Å². The number of ketones is 1. The number of carbonyl (C=O) groups is 2. The molecule has 4 nitrogen and oxygen atoms in total. The number of ether oxygens (including phenoxy) is 1. The van der Waals surface area contributed by atoms with E-state index in [1.54, 1.807) is 0 Å². The van der Waals surface area contributed by atoms with Crippen LogP contribution in [-0.2, 0) is 9.53 Å². The van der Waals surface area contributed by atoms with Crippen LogP contribution in [-0.4, -0.2) is 29.9 Å². The van der Waals surface area contributed by atoms with E-state index in [0.717, 1.165) is 25.7 Å². The number of alkyl carbamates (subject to hydrolysis) is 1. The van der Waals surface area contributed by atoms with E-state index in [0.29, 0.717) is 12.8 Å². The van der Waals surface area contributed by atoms with Crippen molar-refractivity contribution < 1.29 is 14.3 Å². The van der Waals surface area contributed by atoms with Crippen molar-refractivity contribution in [2.75, 3.05) is 12.4 Å². The minimum Gasteiger partial charge on any atom is -0.453 e. The SMILES string of the molecule is COC(=O)NC1(C(=O)CBr)CCCCCC1. The zero-order valence-electron chi connectivity index (χ0n) is 9.55. The molecule has 0 aromatic carbocycles. The first-order chi connectivity index (χ1) is 7.64. The zero-order valence-corrected chi connectivity index (χ0v) is 11.1. The van der Waals surface area contributed by atoms with Gasteiger partial charge < -0.3 is 10.1 Å². The normalized spacial score (nSPS) is 19.6. The maximum atomic E-state index is 12.0. The lowest BCUT2D eigenvalue weighted by molar-refractivity contribution is -0.123. The maximum Gasteiger partial charge on any atom is 0.407 e. The number of hydrogen-bond acceptors (Lipinski definition) is 3. The third-order valence-electron chi connectivity index (χ3n) is 3.14. The number of rotatable bonds is 3. The lowest BCUT2D eigenvalue weighted by atomic mass is 9.86. The molecule has 0 aromatic rings. The second-order valence-corrected chi connectivity index (χ2v) is 4.73. The Morgan fingerprint density at radius 2 is 1.81 bits per heavy atom. The van der Waals surface area contributed by atoms with Crippen LogP contribution in [0.25, 0.3) is 0 Å². The number of halogens is 1. The summed E-state index contributed by atoms with van der Waals surface area (Å²) in [5.41, 5.74) is -0.715. The van der Waals surface area contributed by atoms with E-state index in [1.807, 2.05) is 0 Å². The quantitative estimate of drug-likeness (QED) is 0.642. The molecule has 1 aliphatic rings. The Hall–Kier alpha value is -0.580. The van der Waals surface area contributed by atoms with Crippen LogP contribution in [0.2, 0.25) is 0 Å². The molecule has 0 heterocycles. The first-order valence-corrected chi connectivity index (χ1v) is 6.72. The number of alkyl halides is 1. The molecule has 0 saturated heterocycles. The fourth-order valence-electron chi connectivity index (χ4n) is 2.18. The standard InChI is InChI=1S/C11H18BrNO3/c1-16-10(15)13-11(9(14)8-12)6-4-2-3-5-7-11/h2-8H2,1H3,(H,13,15). The molecular weight excluding hydrogens is 274 g/mol. The van der Waals surface area contributed by atoms with Crippen molar-refractivity contribution >= 4 is 27.8 Å². The van der Waals surface area contributed by atoms with E-state index in [-0.39, 0.29) is 11.1 Å². The van der Waals surface area contributed by atoms with Crippen LogP contribution in [0.3, 0.4) is 0 Å². The molecule has 1 amide bonds. The van der Waals surface area contributed by atoms with Crippen molar-refractivity contribution in [2.45, 2.75) is 44.1 Å². The Kier molecular flexibility index (Phi) is 5.25. The number of nitrogens with one attached hydrogen (secondary N) is 1. The Balaban J connectivity index is 2.81. The van der Waals surface area contributed by atoms with Gasteiger partial charge in [-0.05, 0) is 12.8 Å². The van der Waals surface area contributed by atoms with E-state index >= 15 is 0 Å². The van der Waals surface area contributed by atoms with Crippen LogP contribution in [0.5, 0.6) is 0 Å². The summed E-state index contributed by atoms with van der Waals surface area (Å²) in [6.45, 7) is 0. The van der Waals surface area contributed by atoms with Gasteiger partial charge >= 0.3 is 6.09 Å². The molecule has 0 spiro atoms. The second kappa shape index (κ2) is 6.23. The first-order valence-electron chi connectivity index (χ1n) is 5.60. The van der Waals surface area contributed by atoms with E-state index in [4.69, 9.17) is 0 Å². The topological polar surface area (TPSA) is 55.4 Å². The van der Waals surface area contributed by atoms with Crippen LogP contribution < -0.4 is 5.32 Å². The zero-order chi connectivity index (χ0) is 12.0. The number of carbonyl (C=O) groups excluding carboxylic acids is 2. The van der Waals surface area contributed by atoms with Gasteiger partial charge in [-0.2, -0.15) is 0 Å². The average Bonchev–Trinajstić information content (AvgIpc) is 2.54. The first kappa shape index (κ1) is 13.5. The van der Waals surface area contributed by atoms with Gasteiger partial charge in [0.25, 0.3) is 0 Å². The number of methoxy groups -OCH3 is 1. The molecule has 0 bridgehead atoms. The molecule has 5 heteroatoms. The van der Waals surface area contributed by atoms with Crippen LogP contribution in [0.15, 0.2) is 0 Å². The summed E-state index contributed by atoms with van der Waals surface area (Å²) >= 11 is 3.18. The molecule has 1 fully saturated rings. The molecule has 0 aromatic heterocycles. The third kappa shape index (κ3) is 3.20. The van der Waals surface area contributed by atoms with Crippen LogP contribution in [0.1, 0.15) is 38.5 Å². The summed E-state index contributed by atoms with van der Waals surface area (Å²) in [4.78, 5) is 23.3. The van der Waals surface area contributed by atoms with Crippen LogP contribution >= 0.6 is 15.9 Å². The van der Waals surface area contributed by atoms with Gasteiger partial charge in [-0.1, -0.05) is 41.6 Å². The fourth-order valence-corrected chi connectivity index (χ4v) is 2.72. The van der Waals surface area contributed by atoms with Gasteiger partial charge in [0.1, 0.15) is 5.54 Å². The molecule has 1 saturated carbocycles. The molecule has 0 radical (unpaired) electrons. The second-order valence-electron chi connectivity index (χ2n) is 4.17. The van der Waals surface area contributed by atoms with Gasteiger partial charge in [-0.3, -0.25) is 4.79 Å². The van der Waals surface area contributed by atoms with Gasteiger partial charge in [0.2, 0.25) is 0 Å². The van der Waals surface area contributed by atoms with E-state index in [1.165, 1.54) is 7.11 Å². The molecule has 0 unspecified atom stereocenters. The predicted molar refractivity (Wildman–Crippen MR) is 64.8 cm³/mol. The molecule has 1 N–H and O–H groups in total. The number of amides is 1. The molecular formula is C11H18BrNO3. The minimum atomic E-state index is -0.715. The summed E-state index contributed by atoms with van der Waals surface area (Å²) in [6.07, 6.45) is 5.11. The summed E-state index contributed by atoms with van der Waals surface area (Å²) in [5.74, 6) is 0.0415. The van der Waals surface area contributed by atoms with Crippen LogP contribution in [0, 0.1) is 0 Å². The Bertz CT molecular complexity index is 260. The van der Waals surface area contributed by atoms with Gasteiger partial charge in [0.05, 0.1) is 12.4 Å². The molecule has 0 atom stereocenters. The maximum absolute atomic E-state index is 12.0. The molecule has 0 aliphatic heterocycles. The third-order valence-corrected chi connectivity index (χ3v) is 3.65. The van der Waals surface area contributed by atoms with Gasteiger partial charge in [-0.15, -0.1) is 0 Å². The molecule has 1 rings (SSSR count). The Morgan fingerprint density at radius 1 is 1.25 bits per heavy atom. The predicted octanol–water partition coefficient (Wildman–Crippen LogP) is 2.40. The summed E-state index contributed by atoms with van der Waals surface area (Å²) in [6, 6.07) is 0.